The molecular weight excluding hydrogens is 398 g/mol. The molecular formula is C25H24F2N2O2. The Morgan fingerprint density at radius 3 is 2.68 bits per heavy atom. The second-order valence-electron chi connectivity index (χ2n) is 8.35. The molecule has 0 bridgehead atoms. The smallest absolute Gasteiger partial charge is 0.213 e. The van der Waals surface area contributed by atoms with E-state index in [9.17, 15) is 8.78 Å². The van der Waals surface area contributed by atoms with E-state index in [-0.39, 0.29) is 29.5 Å². The molecule has 0 saturated carbocycles. The number of nitrogens with zero attached hydrogens (tertiary/aromatic N) is 2. The Hall–Kier alpha value is -2.99. The van der Waals surface area contributed by atoms with Crippen molar-refractivity contribution in [1.82, 2.24) is 9.88 Å². The predicted octanol–water partition coefficient (Wildman–Crippen LogP) is 4.93. The van der Waals surface area contributed by atoms with Crippen molar-refractivity contribution in [1.29, 1.82) is 0 Å². The molecule has 0 radical (unpaired) electrons. The van der Waals surface area contributed by atoms with Crippen molar-refractivity contribution in [3.63, 3.8) is 0 Å². The molecule has 1 saturated heterocycles. The van der Waals surface area contributed by atoms with Crippen LogP contribution in [0.5, 0.6) is 11.6 Å². The zero-order valence-corrected chi connectivity index (χ0v) is 17.3. The summed E-state index contributed by atoms with van der Waals surface area (Å²) < 4.78 is 39.5. The van der Waals surface area contributed by atoms with Gasteiger partial charge in [0.05, 0.1) is 13.2 Å². The number of hydrogen-bond acceptors (Lipinski definition) is 4. The molecule has 0 spiro atoms. The lowest BCUT2D eigenvalue weighted by Crippen LogP contribution is -2.32. The monoisotopic (exact) mass is 422 g/mol. The second kappa shape index (κ2) is 8.27. The van der Waals surface area contributed by atoms with Gasteiger partial charge in [0.25, 0.3) is 0 Å². The van der Waals surface area contributed by atoms with E-state index in [1.54, 1.807) is 24.3 Å². The van der Waals surface area contributed by atoms with Crippen LogP contribution >= 0.6 is 0 Å². The lowest BCUT2D eigenvalue weighted by Gasteiger charge is -2.34. The molecule has 2 aliphatic heterocycles. The van der Waals surface area contributed by atoms with E-state index < -0.39 is 0 Å². The molecule has 5 rings (SSSR count). The average molecular weight is 422 g/mol. The molecule has 1 aromatic heterocycles. The Kier molecular flexibility index (Phi) is 5.32. The molecule has 6 heteroatoms. The van der Waals surface area contributed by atoms with Crippen molar-refractivity contribution in [2.45, 2.75) is 19.5 Å². The SMILES string of the molecule is Cc1cccc(OC[C@@H]2CN(Cc3ccc(F)cc3)[C@H]3c4cc(F)ccc4OC[C@@H]23)n1. The van der Waals surface area contributed by atoms with Crippen LogP contribution in [0.1, 0.15) is 22.9 Å². The first-order valence-corrected chi connectivity index (χ1v) is 10.5. The van der Waals surface area contributed by atoms with Gasteiger partial charge in [0, 0.05) is 48.3 Å². The Morgan fingerprint density at radius 2 is 1.87 bits per heavy atom. The van der Waals surface area contributed by atoms with Gasteiger partial charge in [-0.25, -0.2) is 13.8 Å². The zero-order valence-electron chi connectivity index (χ0n) is 17.3. The van der Waals surface area contributed by atoms with Gasteiger partial charge in [0.15, 0.2) is 0 Å². The normalized spacial score (nSPS) is 22.5. The van der Waals surface area contributed by atoms with Crippen LogP contribution in [0.3, 0.4) is 0 Å². The highest BCUT2D eigenvalue weighted by Crippen LogP contribution is 2.48. The summed E-state index contributed by atoms with van der Waals surface area (Å²) in [5, 5.41) is 0. The molecule has 0 N–H and O–H groups in total. The minimum absolute atomic E-state index is 0.0172. The van der Waals surface area contributed by atoms with Gasteiger partial charge >= 0.3 is 0 Å². The molecule has 0 aliphatic carbocycles. The van der Waals surface area contributed by atoms with Crippen molar-refractivity contribution in [3.8, 4) is 11.6 Å². The van der Waals surface area contributed by atoms with E-state index in [2.05, 4.69) is 9.88 Å². The largest absolute Gasteiger partial charge is 0.493 e. The number of ether oxygens (including phenoxy) is 2. The Labute approximate surface area is 180 Å². The summed E-state index contributed by atoms with van der Waals surface area (Å²) in [6.45, 7) is 4.42. The first-order chi connectivity index (χ1) is 15.1. The average Bonchev–Trinajstić information content (AvgIpc) is 3.12. The van der Waals surface area contributed by atoms with E-state index in [0.29, 0.717) is 25.6 Å². The van der Waals surface area contributed by atoms with E-state index in [0.717, 1.165) is 29.1 Å². The standard InChI is InChI=1S/C25H24F2N2O2/c1-16-3-2-4-24(28-16)31-14-18-13-29(12-17-5-7-19(26)8-6-17)25-21-11-20(27)9-10-23(21)30-15-22(18)25/h2-11,18,22,25H,12-15H2,1H3/t18-,22-,25-/m0/s1. The molecule has 0 unspecified atom stereocenters. The van der Waals surface area contributed by atoms with Crippen LogP contribution in [0.2, 0.25) is 0 Å². The van der Waals surface area contributed by atoms with Gasteiger partial charge in [-0.3, -0.25) is 4.90 Å². The van der Waals surface area contributed by atoms with Crippen molar-refractivity contribution in [2.24, 2.45) is 11.8 Å². The third-order valence-corrected chi connectivity index (χ3v) is 6.20. The van der Waals surface area contributed by atoms with Crippen LogP contribution in [0.4, 0.5) is 8.78 Å². The van der Waals surface area contributed by atoms with E-state index >= 15 is 0 Å². The van der Waals surface area contributed by atoms with Crippen molar-refractivity contribution >= 4 is 0 Å². The highest BCUT2D eigenvalue weighted by Gasteiger charge is 2.46. The van der Waals surface area contributed by atoms with Gasteiger partial charge in [-0.2, -0.15) is 0 Å². The number of aromatic nitrogens is 1. The van der Waals surface area contributed by atoms with Gasteiger partial charge in [0.2, 0.25) is 5.88 Å². The van der Waals surface area contributed by atoms with E-state index in [1.165, 1.54) is 18.2 Å². The fourth-order valence-electron chi connectivity index (χ4n) is 4.76. The third-order valence-electron chi connectivity index (χ3n) is 6.20. The summed E-state index contributed by atoms with van der Waals surface area (Å²) in [7, 11) is 0. The highest BCUT2D eigenvalue weighted by atomic mass is 19.1. The molecule has 3 heterocycles. The quantitative estimate of drug-likeness (QED) is 0.584. The molecule has 0 amide bonds. The van der Waals surface area contributed by atoms with Gasteiger partial charge in [0.1, 0.15) is 17.4 Å². The summed E-state index contributed by atoms with van der Waals surface area (Å²) >= 11 is 0. The van der Waals surface area contributed by atoms with Crippen LogP contribution in [0.25, 0.3) is 0 Å². The summed E-state index contributed by atoms with van der Waals surface area (Å²) in [5.41, 5.74) is 2.80. The molecule has 3 atom stereocenters. The van der Waals surface area contributed by atoms with Gasteiger partial charge < -0.3 is 9.47 Å². The Balaban J connectivity index is 1.41. The number of likely N-dealkylation sites (tertiary alicyclic amines) is 1. The molecule has 2 aliphatic rings. The zero-order chi connectivity index (χ0) is 21.4. The number of aryl methyl sites for hydroxylation is 1. The maximum atomic E-state index is 14.1. The fraction of sp³-hybridized carbons (Fsp3) is 0.320. The number of pyridine rings is 1. The third kappa shape index (κ3) is 4.12. The molecule has 1 fully saturated rings. The highest BCUT2D eigenvalue weighted by molar-refractivity contribution is 5.40. The van der Waals surface area contributed by atoms with Crippen molar-refractivity contribution in [2.75, 3.05) is 19.8 Å². The van der Waals surface area contributed by atoms with E-state index in [1.807, 2.05) is 25.1 Å². The predicted molar refractivity (Wildman–Crippen MR) is 113 cm³/mol. The van der Waals surface area contributed by atoms with Crippen molar-refractivity contribution < 1.29 is 18.3 Å². The molecule has 2 aromatic carbocycles. The number of benzene rings is 2. The van der Waals surface area contributed by atoms with Crippen LogP contribution < -0.4 is 9.47 Å². The van der Waals surface area contributed by atoms with Crippen LogP contribution in [0, 0.1) is 30.4 Å². The lowest BCUT2D eigenvalue weighted by atomic mass is 9.85. The Morgan fingerprint density at radius 1 is 1.06 bits per heavy atom. The van der Waals surface area contributed by atoms with Crippen LogP contribution in [-0.4, -0.2) is 29.6 Å². The number of halogens is 2. The van der Waals surface area contributed by atoms with Gasteiger partial charge in [-0.15, -0.1) is 0 Å². The van der Waals surface area contributed by atoms with Crippen molar-refractivity contribution in [3.05, 3.63) is 89.1 Å². The molecule has 3 aromatic rings. The maximum absolute atomic E-state index is 14.1. The topological polar surface area (TPSA) is 34.6 Å². The minimum atomic E-state index is -0.270. The number of fused-ring (bicyclic) bond motifs is 3. The minimum Gasteiger partial charge on any atom is -0.493 e. The fourth-order valence-corrected chi connectivity index (χ4v) is 4.76. The number of rotatable bonds is 5. The summed E-state index contributed by atoms with van der Waals surface area (Å²) in [5.74, 6) is 1.18. The Bertz CT molecular complexity index is 1070. The van der Waals surface area contributed by atoms with Gasteiger partial charge in [-0.05, 0) is 48.9 Å². The summed E-state index contributed by atoms with van der Waals surface area (Å²) in [6.07, 6.45) is 0. The van der Waals surface area contributed by atoms with Crippen LogP contribution in [-0.2, 0) is 6.54 Å². The maximum Gasteiger partial charge on any atom is 0.213 e. The molecule has 4 nitrogen and oxygen atoms in total. The first kappa shape index (κ1) is 19.9. The van der Waals surface area contributed by atoms with Crippen LogP contribution in [0.15, 0.2) is 60.7 Å². The molecule has 31 heavy (non-hydrogen) atoms. The first-order valence-electron chi connectivity index (χ1n) is 10.5. The van der Waals surface area contributed by atoms with Gasteiger partial charge in [-0.1, -0.05) is 18.2 Å². The second-order valence-corrected chi connectivity index (χ2v) is 8.35. The summed E-state index contributed by atoms with van der Waals surface area (Å²) in [4.78, 5) is 6.76. The summed E-state index contributed by atoms with van der Waals surface area (Å²) in [6, 6.07) is 17.0. The van der Waals surface area contributed by atoms with E-state index in [4.69, 9.17) is 9.47 Å². The molecule has 160 valence electrons. The number of hydrogen-bond donors (Lipinski definition) is 0. The lowest BCUT2D eigenvalue weighted by molar-refractivity contribution is 0.121.